The molecule has 0 fully saturated rings. The highest BCUT2D eigenvalue weighted by Gasteiger charge is 2.26. The van der Waals surface area contributed by atoms with E-state index in [4.69, 9.17) is 0 Å². The molecule has 138 valence electrons. The van der Waals surface area contributed by atoms with Crippen molar-refractivity contribution in [2.24, 2.45) is 0 Å². The van der Waals surface area contributed by atoms with Crippen molar-refractivity contribution in [3.8, 4) is 6.07 Å². The molecule has 0 saturated heterocycles. The number of carbonyl (C=O) groups excluding carboxylic acids is 2. The minimum atomic E-state index is -0.484. The Morgan fingerprint density at radius 2 is 2.19 bits per heavy atom. The molecule has 8 nitrogen and oxygen atoms in total. The molecular formula is C17H14N4O4S2. The van der Waals surface area contributed by atoms with Gasteiger partial charge in [-0.3, -0.25) is 19.7 Å². The molecule has 0 spiro atoms. The average Bonchev–Trinajstić information content (AvgIpc) is 3.23. The first-order valence-electron chi connectivity index (χ1n) is 7.92. The predicted octanol–water partition coefficient (Wildman–Crippen LogP) is 3.15. The third-order valence-corrected chi connectivity index (χ3v) is 6.18. The Kier molecular flexibility index (Phi) is 5.34. The molecule has 10 heteroatoms. The third-order valence-electron chi connectivity index (χ3n) is 4.04. The van der Waals surface area contributed by atoms with Crippen molar-refractivity contribution >= 4 is 50.6 Å². The summed E-state index contributed by atoms with van der Waals surface area (Å²) in [6, 6.07) is 5.08. The van der Waals surface area contributed by atoms with Gasteiger partial charge in [0.2, 0.25) is 11.8 Å². The van der Waals surface area contributed by atoms with Gasteiger partial charge in [0.05, 0.1) is 17.0 Å². The number of thiophene rings is 2. The summed E-state index contributed by atoms with van der Waals surface area (Å²) >= 11 is 2.27. The highest BCUT2D eigenvalue weighted by molar-refractivity contribution is 7.17. The first-order valence-corrected chi connectivity index (χ1v) is 9.55. The Balaban J connectivity index is 1.74. The monoisotopic (exact) mass is 402 g/mol. The summed E-state index contributed by atoms with van der Waals surface area (Å²) in [6.45, 7) is 2.50. The predicted molar refractivity (Wildman–Crippen MR) is 102 cm³/mol. The number of hydrogen-bond acceptors (Lipinski definition) is 7. The molecule has 1 N–H and O–H groups in total. The molecule has 2 aromatic rings. The van der Waals surface area contributed by atoms with Crippen molar-refractivity contribution in [3.05, 3.63) is 49.2 Å². The minimum Gasteiger partial charge on any atom is -0.337 e. The number of anilines is 1. The van der Waals surface area contributed by atoms with Crippen LogP contribution in [0.4, 0.5) is 10.0 Å². The maximum Gasteiger partial charge on any atom is 0.324 e. The van der Waals surface area contributed by atoms with E-state index in [0.29, 0.717) is 35.0 Å². The number of rotatable bonds is 4. The number of carbonyl (C=O) groups is 2. The van der Waals surface area contributed by atoms with Crippen molar-refractivity contribution in [2.75, 3.05) is 11.9 Å². The molecule has 27 heavy (non-hydrogen) atoms. The van der Waals surface area contributed by atoms with E-state index in [-0.39, 0.29) is 10.9 Å². The molecule has 0 bridgehead atoms. The van der Waals surface area contributed by atoms with Gasteiger partial charge in [0, 0.05) is 35.4 Å². The SMILES string of the molecule is CC(=O)N1CCc2c(sc(NC(=O)/C=C/c3ccc([N+](=O)[O-])s3)c2C#N)C1. The van der Waals surface area contributed by atoms with Crippen molar-refractivity contribution in [1.29, 1.82) is 5.26 Å². The van der Waals surface area contributed by atoms with Crippen LogP contribution in [0.25, 0.3) is 6.08 Å². The summed E-state index contributed by atoms with van der Waals surface area (Å²) < 4.78 is 0. The molecule has 0 saturated carbocycles. The first kappa shape index (κ1) is 18.8. The van der Waals surface area contributed by atoms with Gasteiger partial charge < -0.3 is 10.2 Å². The van der Waals surface area contributed by atoms with Gasteiger partial charge in [0.25, 0.3) is 0 Å². The van der Waals surface area contributed by atoms with E-state index in [0.717, 1.165) is 21.8 Å². The van der Waals surface area contributed by atoms with Crippen LogP contribution in [0.1, 0.15) is 27.8 Å². The summed E-state index contributed by atoms with van der Waals surface area (Å²) in [5.41, 5.74) is 1.32. The average molecular weight is 402 g/mol. The van der Waals surface area contributed by atoms with E-state index in [1.165, 1.54) is 36.5 Å². The van der Waals surface area contributed by atoms with Crippen LogP contribution in [0.2, 0.25) is 0 Å². The van der Waals surface area contributed by atoms with Crippen molar-refractivity contribution in [1.82, 2.24) is 4.90 Å². The zero-order chi connectivity index (χ0) is 19.6. The van der Waals surface area contributed by atoms with Crippen LogP contribution in [0.3, 0.4) is 0 Å². The van der Waals surface area contributed by atoms with Gasteiger partial charge in [0.15, 0.2) is 0 Å². The molecule has 3 heterocycles. The lowest BCUT2D eigenvalue weighted by atomic mass is 10.0. The van der Waals surface area contributed by atoms with Crippen molar-refractivity contribution in [3.63, 3.8) is 0 Å². The van der Waals surface area contributed by atoms with Gasteiger partial charge in [-0.15, -0.1) is 11.3 Å². The zero-order valence-electron chi connectivity index (χ0n) is 14.2. The molecule has 0 aliphatic carbocycles. The number of nitro groups is 1. The van der Waals surface area contributed by atoms with Crippen LogP contribution in [0.5, 0.6) is 0 Å². The Hall–Kier alpha value is -3.03. The third kappa shape index (κ3) is 4.05. The van der Waals surface area contributed by atoms with E-state index >= 15 is 0 Å². The molecule has 1 aliphatic heterocycles. The summed E-state index contributed by atoms with van der Waals surface area (Å²) in [6.07, 6.45) is 3.35. The summed E-state index contributed by atoms with van der Waals surface area (Å²) in [5, 5.41) is 23.3. The lowest BCUT2D eigenvalue weighted by molar-refractivity contribution is -0.380. The Bertz CT molecular complexity index is 999. The van der Waals surface area contributed by atoms with Gasteiger partial charge in [-0.2, -0.15) is 5.26 Å². The first-order chi connectivity index (χ1) is 12.9. The Morgan fingerprint density at radius 1 is 1.41 bits per heavy atom. The Morgan fingerprint density at radius 3 is 2.81 bits per heavy atom. The van der Waals surface area contributed by atoms with Gasteiger partial charge in [-0.05, 0) is 24.1 Å². The molecule has 2 aromatic heterocycles. The molecule has 0 radical (unpaired) electrons. The fraction of sp³-hybridized carbons (Fsp3) is 0.235. The number of amides is 2. The normalized spacial score (nSPS) is 13.3. The highest BCUT2D eigenvalue weighted by atomic mass is 32.1. The number of nitrogens with one attached hydrogen (secondary N) is 1. The van der Waals surface area contributed by atoms with Crippen LogP contribution in [-0.4, -0.2) is 28.2 Å². The largest absolute Gasteiger partial charge is 0.337 e. The second-order valence-corrected chi connectivity index (χ2v) is 7.96. The maximum atomic E-state index is 12.2. The lowest BCUT2D eigenvalue weighted by Gasteiger charge is -2.25. The molecule has 3 rings (SSSR count). The number of nitriles is 1. The van der Waals surface area contributed by atoms with Crippen LogP contribution in [0, 0.1) is 21.4 Å². The smallest absolute Gasteiger partial charge is 0.324 e. The van der Waals surface area contributed by atoms with E-state index in [2.05, 4.69) is 11.4 Å². The van der Waals surface area contributed by atoms with Crippen LogP contribution in [0.15, 0.2) is 18.2 Å². The maximum absolute atomic E-state index is 12.2. The number of fused-ring (bicyclic) bond motifs is 1. The summed E-state index contributed by atoms with van der Waals surface area (Å²) in [4.78, 5) is 37.1. The number of hydrogen-bond donors (Lipinski definition) is 1. The summed E-state index contributed by atoms with van der Waals surface area (Å²) in [7, 11) is 0. The zero-order valence-corrected chi connectivity index (χ0v) is 15.9. The summed E-state index contributed by atoms with van der Waals surface area (Å²) in [5.74, 6) is -0.448. The second kappa shape index (κ2) is 7.69. The van der Waals surface area contributed by atoms with Gasteiger partial charge in [-0.1, -0.05) is 11.3 Å². The Labute approximate surface area is 162 Å². The fourth-order valence-corrected chi connectivity index (χ4v) is 4.66. The standard InChI is InChI=1S/C17H14N4O4S2/c1-10(22)20-7-6-12-13(8-18)17(27-14(12)9-20)19-15(23)4-2-11-3-5-16(26-11)21(24)25/h2-5H,6-7,9H2,1H3,(H,19,23)/b4-2+. The van der Waals surface area contributed by atoms with E-state index in [9.17, 15) is 25.0 Å². The highest BCUT2D eigenvalue weighted by Crippen LogP contribution is 2.36. The van der Waals surface area contributed by atoms with Gasteiger partial charge in [-0.25, -0.2) is 0 Å². The van der Waals surface area contributed by atoms with E-state index < -0.39 is 10.8 Å². The second-order valence-electron chi connectivity index (χ2n) is 5.77. The van der Waals surface area contributed by atoms with Crippen LogP contribution < -0.4 is 5.32 Å². The molecule has 0 unspecified atom stereocenters. The fourth-order valence-electron chi connectivity index (χ4n) is 2.72. The minimum absolute atomic E-state index is 0.00258. The van der Waals surface area contributed by atoms with Crippen LogP contribution >= 0.6 is 22.7 Å². The van der Waals surface area contributed by atoms with Crippen LogP contribution in [-0.2, 0) is 22.6 Å². The molecule has 2 amide bonds. The van der Waals surface area contributed by atoms with Gasteiger partial charge in [0.1, 0.15) is 11.1 Å². The topological polar surface area (TPSA) is 116 Å². The molecule has 0 aromatic carbocycles. The van der Waals surface area contributed by atoms with Crippen molar-refractivity contribution in [2.45, 2.75) is 19.9 Å². The number of nitrogens with zero attached hydrogens (tertiary/aromatic N) is 3. The molecular weight excluding hydrogens is 388 g/mol. The van der Waals surface area contributed by atoms with E-state index in [1.807, 2.05) is 0 Å². The van der Waals surface area contributed by atoms with E-state index in [1.54, 1.807) is 11.0 Å². The lowest BCUT2D eigenvalue weighted by Crippen LogP contribution is -2.33. The van der Waals surface area contributed by atoms with Gasteiger partial charge >= 0.3 is 5.00 Å². The van der Waals surface area contributed by atoms with Crippen molar-refractivity contribution < 1.29 is 14.5 Å². The quantitative estimate of drug-likeness (QED) is 0.479. The molecule has 0 atom stereocenters. The molecule has 1 aliphatic rings.